The molecule has 2 aromatic rings. The molecule has 0 heterocycles. The SMILES string of the molecule is COc1ccc(CC(=O)N(Cc2ccc(F)cc2)C2CC2)cc1OC. The second-order valence-electron chi connectivity index (χ2n) is 6.25. The standard InChI is InChI=1S/C20H22FNO3/c1-24-18-10-5-15(11-19(18)25-2)12-20(23)22(17-8-9-17)13-14-3-6-16(21)7-4-14/h3-7,10-11,17H,8-9,12-13H2,1-2H3. The van der Waals surface area contributed by atoms with Gasteiger partial charge in [0.25, 0.3) is 0 Å². The van der Waals surface area contributed by atoms with E-state index in [2.05, 4.69) is 0 Å². The fourth-order valence-electron chi connectivity index (χ4n) is 2.86. The van der Waals surface area contributed by atoms with Crippen LogP contribution in [0.2, 0.25) is 0 Å². The van der Waals surface area contributed by atoms with E-state index >= 15 is 0 Å². The Morgan fingerprint density at radius 1 is 1.04 bits per heavy atom. The normalized spacial score (nSPS) is 13.4. The molecular formula is C20H22FNO3. The minimum atomic E-state index is -0.265. The van der Waals surface area contributed by atoms with Crippen molar-refractivity contribution in [2.45, 2.75) is 31.8 Å². The molecule has 0 saturated heterocycles. The van der Waals surface area contributed by atoms with Crippen molar-refractivity contribution < 1.29 is 18.7 Å². The first-order valence-electron chi connectivity index (χ1n) is 8.35. The lowest BCUT2D eigenvalue weighted by atomic mass is 10.1. The fourth-order valence-corrected chi connectivity index (χ4v) is 2.86. The molecule has 0 N–H and O–H groups in total. The zero-order valence-corrected chi connectivity index (χ0v) is 14.5. The molecule has 0 bridgehead atoms. The molecule has 4 nitrogen and oxygen atoms in total. The lowest BCUT2D eigenvalue weighted by Crippen LogP contribution is -2.33. The molecule has 1 aliphatic carbocycles. The van der Waals surface area contributed by atoms with Gasteiger partial charge in [0.15, 0.2) is 11.5 Å². The van der Waals surface area contributed by atoms with Crippen LogP contribution in [0.1, 0.15) is 24.0 Å². The van der Waals surface area contributed by atoms with Crippen LogP contribution in [-0.2, 0) is 17.8 Å². The number of hydrogen-bond donors (Lipinski definition) is 0. The van der Waals surface area contributed by atoms with Gasteiger partial charge in [-0.1, -0.05) is 18.2 Å². The lowest BCUT2D eigenvalue weighted by molar-refractivity contribution is -0.131. The minimum Gasteiger partial charge on any atom is -0.493 e. The van der Waals surface area contributed by atoms with Crippen molar-refractivity contribution in [1.82, 2.24) is 4.90 Å². The third-order valence-electron chi connectivity index (χ3n) is 4.38. The summed E-state index contributed by atoms with van der Waals surface area (Å²) in [5.41, 5.74) is 1.82. The Balaban J connectivity index is 1.72. The lowest BCUT2D eigenvalue weighted by Gasteiger charge is -2.23. The highest BCUT2D eigenvalue weighted by Crippen LogP contribution is 2.31. The molecule has 0 aliphatic heterocycles. The summed E-state index contributed by atoms with van der Waals surface area (Å²) in [4.78, 5) is 14.7. The van der Waals surface area contributed by atoms with E-state index in [9.17, 15) is 9.18 Å². The zero-order chi connectivity index (χ0) is 17.8. The van der Waals surface area contributed by atoms with Crippen molar-refractivity contribution in [1.29, 1.82) is 0 Å². The van der Waals surface area contributed by atoms with Crippen LogP contribution in [0.15, 0.2) is 42.5 Å². The first-order chi connectivity index (χ1) is 12.1. The molecule has 0 radical (unpaired) electrons. The van der Waals surface area contributed by atoms with E-state index < -0.39 is 0 Å². The highest BCUT2D eigenvalue weighted by molar-refractivity contribution is 5.79. The molecule has 1 fully saturated rings. The fraction of sp³-hybridized carbons (Fsp3) is 0.350. The van der Waals surface area contributed by atoms with E-state index in [1.165, 1.54) is 12.1 Å². The Morgan fingerprint density at radius 3 is 2.28 bits per heavy atom. The van der Waals surface area contributed by atoms with Gasteiger partial charge in [-0.05, 0) is 48.2 Å². The number of carbonyl (C=O) groups excluding carboxylic acids is 1. The summed E-state index contributed by atoms with van der Waals surface area (Å²) in [7, 11) is 3.16. The van der Waals surface area contributed by atoms with Gasteiger partial charge in [0.1, 0.15) is 5.82 Å². The van der Waals surface area contributed by atoms with E-state index in [0.717, 1.165) is 24.0 Å². The summed E-state index contributed by atoms with van der Waals surface area (Å²) in [5, 5.41) is 0. The predicted molar refractivity (Wildman–Crippen MR) is 93.2 cm³/mol. The molecule has 132 valence electrons. The number of rotatable bonds is 7. The van der Waals surface area contributed by atoms with E-state index in [-0.39, 0.29) is 17.8 Å². The van der Waals surface area contributed by atoms with Crippen LogP contribution in [0.25, 0.3) is 0 Å². The topological polar surface area (TPSA) is 38.8 Å². The molecule has 1 saturated carbocycles. The third-order valence-corrected chi connectivity index (χ3v) is 4.38. The van der Waals surface area contributed by atoms with E-state index in [0.29, 0.717) is 24.5 Å². The van der Waals surface area contributed by atoms with Crippen LogP contribution in [0.3, 0.4) is 0 Å². The summed E-state index contributed by atoms with van der Waals surface area (Å²) in [6, 6.07) is 12.1. The molecule has 1 amide bonds. The van der Waals surface area contributed by atoms with Gasteiger partial charge in [0.2, 0.25) is 5.91 Å². The Kier molecular flexibility index (Phi) is 5.22. The molecule has 0 unspecified atom stereocenters. The molecule has 0 aromatic heterocycles. The van der Waals surface area contributed by atoms with Gasteiger partial charge in [-0.25, -0.2) is 4.39 Å². The van der Waals surface area contributed by atoms with Gasteiger partial charge in [-0.2, -0.15) is 0 Å². The number of hydrogen-bond acceptors (Lipinski definition) is 3. The monoisotopic (exact) mass is 343 g/mol. The molecule has 25 heavy (non-hydrogen) atoms. The molecule has 2 aromatic carbocycles. The van der Waals surface area contributed by atoms with Gasteiger partial charge in [-0.3, -0.25) is 4.79 Å². The number of ether oxygens (including phenoxy) is 2. The van der Waals surface area contributed by atoms with Crippen molar-refractivity contribution >= 4 is 5.91 Å². The Hall–Kier alpha value is -2.56. The second-order valence-corrected chi connectivity index (χ2v) is 6.25. The van der Waals surface area contributed by atoms with Crippen LogP contribution >= 0.6 is 0 Å². The van der Waals surface area contributed by atoms with Crippen LogP contribution in [0.4, 0.5) is 4.39 Å². The van der Waals surface area contributed by atoms with Crippen molar-refractivity contribution in [2.75, 3.05) is 14.2 Å². The van der Waals surface area contributed by atoms with Crippen LogP contribution < -0.4 is 9.47 Å². The molecular weight excluding hydrogens is 321 g/mol. The van der Waals surface area contributed by atoms with Gasteiger partial charge in [-0.15, -0.1) is 0 Å². The smallest absolute Gasteiger partial charge is 0.227 e. The maximum Gasteiger partial charge on any atom is 0.227 e. The van der Waals surface area contributed by atoms with Gasteiger partial charge in [0.05, 0.1) is 20.6 Å². The van der Waals surface area contributed by atoms with E-state index in [4.69, 9.17) is 9.47 Å². The van der Waals surface area contributed by atoms with Crippen molar-refractivity contribution in [3.63, 3.8) is 0 Å². The van der Waals surface area contributed by atoms with Crippen LogP contribution in [-0.4, -0.2) is 31.1 Å². The van der Waals surface area contributed by atoms with Gasteiger partial charge < -0.3 is 14.4 Å². The minimum absolute atomic E-state index is 0.0686. The molecule has 0 atom stereocenters. The largest absolute Gasteiger partial charge is 0.493 e. The first-order valence-corrected chi connectivity index (χ1v) is 8.35. The van der Waals surface area contributed by atoms with Crippen LogP contribution in [0.5, 0.6) is 11.5 Å². The number of benzene rings is 2. The molecule has 1 aliphatic rings. The van der Waals surface area contributed by atoms with Crippen molar-refractivity contribution in [3.8, 4) is 11.5 Å². The quantitative estimate of drug-likeness (QED) is 0.771. The van der Waals surface area contributed by atoms with Crippen molar-refractivity contribution in [2.24, 2.45) is 0 Å². The third kappa shape index (κ3) is 4.29. The number of methoxy groups -OCH3 is 2. The van der Waals surface area contributed by atoms with Gasteiger partial charge in [0, 0.05) is 12.6 Å². The number of nitrogens with zero attached hydrogens (tertiary/aromatic N) is 1. The molecule has 3 rings (SSSR count). The highest BCUT2D eigenvalue weighted by atomic mass is 19.1. The zero-order valence-electron chi connectivity index (χ0n) is 14.5. The predicted octanol–water partition coefficient (Wildman–Crippen LogP) is 3.58. The number of halogens is 1. The Labute approximate surface area is 147 Å². The highest BCUT2D eigenvalue weighted by Gasteiger charge is 2.32. The summed E-state index contributed by atoms with van der Waals surface area (Å²) in [5.74, 6) is 1.06. The molecule has 5 heteroatoms. The number of carbonyl (C=O) groups is 1. The number of amides is 1. The average Bonchev–Trinajstić information content (AvgIpc) is 3.46. The second kappa shape index (κ2) is 7.55. The summed E-state index contributed by atoms with van der Waals surface area (Å²) in [6.45, 7) is 0.511. The first kappa shape index (κ1) is 17.3. The van der Waals surface area contributed by atoms with E-state index in [1.807, 2.05) is 23.1 Å². The van der Waals surface area contributed by atoms with Crippen LogP contribution in [0, 0.1) is 5.82 Å². The van der Waals surface area contributed by atoms with E-state index in [1.54, 1.807) is 26.4 Å². The summed E-state index contributed by atoms with van der Waals surface area (Å²) >= 11 is 0. The maximum absolute atomic E-state index is 13.1. The summed E-state index contributed by atoms with van der Waals surface area (Å²) < 4.78 is 23.6. The van der Waals surface area contributed by atoms with Gasteiger partial charge >= 0.3 is 0 Å². The summed E-state index contributed by atoms with van der Waals surface area (Å²) in [6.07, 6.45) is 2.36. The van der Waals surface area contributed by atoms with Crippen molar-refractivity contribution in [3.05, 3.63) is 59.4 Å². The molecule has 0 spiro atoms. The average molecular weight is 343 g/mol. The Bertz CT molecular complexity index is 741. The maximum atomic E-state index is 13.1. The Morgan fingerprint density at radius 2 is 1.68 bits per heavy atom.